The van der Waals surface area contributed by atoms with Crippen LogP contribution in [-0.2, 0) is 5.41 Å². The first kappa shape index (κ1) is 11.5. The van der Waals surface area contributed by atoms with Gasteiger partial charge in [0, 0.05) is 5.02 Å². The van der Waals surface area contributed by atoms with Gasteiger partial charge < -0.3 is 5.11 Å². The van der Waals surface area contributed by atoms with Crippen molar-refractivity contribution in [2.45, 2.75) is 38.7 Å². The van der Waals surface area contributed by atoms with Gasteiger partial charge in [-0.1, -0.05) is 37.6 Å². The monoisotopic (exact) mass is 212 g/mol. The topological polar surface area (TPSA) is 20.2 Å². The van der Waals surface area contributed by atoms with Gasteiger partial charge in [0.1, 0.15) is 0 Å². The molecule has 0 aliphatic carbocycles. The molecule has 1 aromatic carbocycles. The summed E-state index contributed by atoms with van der Waals surface area (Å²) >= 11 is 5.82. The molecule has 1 N–H and O–H groups in total. The van der Waals surface area contributed by atoms with Crippen LogP contribution in [0.5, 0.6) is 0 Å². The first-order chi connectivity index (χ1) is 6.42. The first-order valence-corrected chi connectivity index (χ1v) is 5.24. The van der Waals surface area contributed by atoms with E-state index in [0.29, 0.717) is 0 Å². The van der Waals surface area contributed by atoms with Crippen molar-refractivity contribution in [3.63, 3.8) is 0 Å². The zero-order valence-corrected chi connectivity index (χ0v) is 9.67. The Balaban J connectivity index is 2.86. The van der Waals surface area contributed by atoms with Gasteiger partial charge in [0.05, 0.1) is 6.10 Å². The van der Waals surface area contributed by atoms with Gasteiger partial charge >= 0.3 is 0 Å². The van der Waals surface area contributed by atoms with Crippen LogP contribution in [0, 0.1) is 0 Å². The summed E-state index contributed by atoms with van der Waals surface area (Å²) in [5, 5.41) is 10.1. The number of benzene rings is 1. The summed E-state index contributed by atoms with van der Waals surface area (Å²) < 4.78 is 0. The van der Waals surface area contributed by atoms with Gasteiger partial charge in [-0.2, -0.15) is 0 Å². The van der Waals surface area contributed by atoms with Gasteiger partial charge in [0.15, 0.2) is 0 Å². The summed E-state index contributed by atoms with van der Waals surface area (Å²) in [4.78, 5) is 0. The van der Waals surface area contributed by atoms with E-state index in [1.54, 1.807) is 0 Å². The number of aliphatic hydroxyl groups excluding tert-OH is 1. The van der Waals surface area contributed by atoms with E-state index in [-0.39, 0.29) is 11.5 Å². The Bertz CT molecular complexity index is 288. The van der Waals surface area contributed by atoms with E-state index in [1.807, 2.05) is 31.2 Å². The predicted octanol–water partition coefficient (Wildman–Crippen LogP) is 3.39. The Labute approximate surface area is 90.7 Å². The molecular weight excluding hydrogens is 196 g/mol. The maximum Gasteiger partial charge on any atom is 0.0520 e. The van der Waals surface area contributed by atoms with E-state index in [0.717, 1.165) is 11.4 Å². The lowest BCUT2D eigenvalue weighted by Crippen LogP contribution is -2.22. The molecule has 1 unspecified atom stereocenters. The highest BCUT2D eigenvalue weighted by atomic mass is 35.5. The number of rotatable bonds is 3. The number of hydrogen-bond donors (Lipinski definition) is 1. The molecule has 0 aliphatic rings. The van der Waals surface area contributed by atoms with Crippen molar-refractivity contribution in [1.29, 1.82) is 0 Å². The molecule has 0 aliphatic heterocycles. The summed E-state index contributed by atoms with van der Waals surface area (Å²) in [6.07, 6.45) is 0.481. The maximum absolute atomic E-state index is 9.38. The van der Waals surface area contributed by atoms with Crippen molar-refractivity contribution in [2.75, 3.05) is 0 Å². The molecule has 1 nitrogen and oxygen atoms in total. The van der Waals surface area contributed by atoms with Crippen LogP contribution in [0.3, 0.4) is 0 Å². The van der Waals surface area contributed by atoms with Crippen molar-refractivity contribution in [1.82, 2.24) is 0 Å². The normalized spacial score (nSPS) is 14.1. The third-order valence-electron chi connectivity index (χ3n) is 2.43. The predicted molar refractivity (Wildman–Crippen MR) is 60.8 cm³/mol. The van der Waals surface area contributed by atoms with Crippen LogP contribution in [0.1, 0.15) is 32.8 Å². The van der Waals surface area contributed by atoms with Gasteiger partial charge in [-0.25, -0.2) is 0 Å². The van der Waals surface area contributed by atoms with Crippen molar-refractivity contribution in [3.05, 3.63) is 34.9 Å². The molecular formula is C12H17ClO. The van der Waals surface area contributed by atoms with Crippen LogP contribution in [0.25, 0.3) is 0 Å². The SMILES string of the molecule is CC(O)CC(C)(C)c1ccc(Cl)cc1. The number of hydrogen-bond acceptors (Lipinski definition) is 1. The Morgan fingerprint density at radius 3 is 2.21 bits per heavy atom. The van der Waals surface area contributed by atoms with Crippen molar-refractivity contribution in [2.24, 2.45) is 0 Å². The molecule has 0 amide bonds. The fourth-order valence-electron chi connectivity index (χ4n) is 1.76. The molecule has 1 atom stereocenters. The van der Waals surface area contributed by atoms with Gasteiger partial charge in [-0.05, 0) is 36.5 Å². The summed E-state index contributed by atoms with van der Waals surface area (Å²) in [6.45, 7) is 6.07. The second kappa shape index (κ2) is 4.33. The van der Waals surface area contributed by atoms with Crippen LogP contribution in [-0.4, -0.2) is 11.2 Å². The van der Waals surface area contributed by atoms with Crippen LogP contribution in [0.15, 0.2) is 24.3 Å². The van der Waals surface area contributed by atoms with Crippen LogP contribution in [0.4, 0.5) is 0 Å². The zero-order chi connectivity index (χ0) is 10.8. The minimum atomic E-state index is -0.277. The molecule has 0 spiro atoms. The van der Waals surface area contributed by atoms with Gasteiger partial charge in [-0.15, -0.1) is 0 Å². The number of aliphatic hydroxyl groups is 1. The average Bonchev–Trinajstić information content (AvgIpc) is 2.02. The molecule has 0 bridgehead atoms. The molecule has 1 aromatic rings. The average molecular weight is 213 g/mol. The zero-order valence-electron chi connectivity index (χ0n) is 8.92. The van der Waals surface area contributed by atoms with Crippen molar-refractivity contribution >= 4 is 11.6 Å². The highest BCUT2D eigenvalue weighted by Gasteiger charge is 2.22. The van der Waals surface area contributed by atoms with Gasteiger partial charge in [0.2, 0.25) is 0 Å². The van der Waals surface area contributed by atoms with Crippen molar-refractivity contribution < 1.29 is 5.11 Å². The quantitative estimate of drug-likeness (QED) is 0.815. The van der Waals surface area contributed by atoms with Crippen LogP contribution < -0.4 is 0 Å². The third kappa shape index (κ3) is 3.00. The lowest BCUT2D eigenvalue weighted by Gasteiger charge is -2.26. The number of halogens is 1. The Morgan fingerprint density at radius 2 is 1.79 bits per heavy atom. The third-order valence-corrected chi connectivity index (χ3v) is 2.68. The summed E-state index contributed by atoms with van der Waals surface area (Å²) in [5.41, 5.74) is 1.21. The molecule has 2 heteroatoms. The fourth-order valence-corrected chi connectivity index (χ4v) is 1.88. The summed E-state index contributed by atoms with van der Waals surface area (Å²) in [6, 6.07) is 7.82. The van der Waals surface area contributed by atoms with E-state index >= 15 is 0 Å². The molecule has 0 saturated carbocycles. The minimum absolute atomic E-state index is 0.00123. The van der Waals surface area contributed by atoms with Gasteiger partial charge in [-0.3, -0.25) is 0 Å². The summed E-state index contributed by atoms with van der Waals surface area (Å²) in [5.74, 6) is 0. The molecule has 1 rings (SSSR count). The van der Waals surface area contributed by atoms with E-state index in [4.69, 9.17) is 11.6 Å². The smallest absolute Gasteiger partial charge is 0.0520 e. The maximum atomic E-state index is 9.38. The fraction of sp³-hybridized carbons (Fsp3) is 0.500. The summed E-state index contributed by atoms with van der Waals surface area (Å²) in [7, 11) is 0. The second-order valence-electron chi connectivity index (χ2n) is 4.44. The molecule has 0 radical (unpaired) electrons. The highest BCUT2D eigenvalue weighted by Crippen LogP contribution is 2.29. The van der Waals surface area contributed by atoms with Crippen LogP contribution >= 0.6 is 11.6 Å². The van der Waals surface area contributed by atoms with E-state index in [9.17, 15) is 5.11 Å². The Hall–Kier alpha value is -0.530. The van der Waals surface area contributed by atoms with E-state index in [2.05, 4.69) is 13.8 Å². The molecule has 14 heavy (non-hydrogen) atoms. The van der Waals surface area contributed by atoms with Crippen molar-refractivity contribution in [3.8, 4) is 0 Å². The second-order valence-corrected chi connectivity index (χ2v) is 4.88. The van der Waals surface area contributed by atoms with E-state index in [1.165, 1.54) is 5.56 Å². The highest BCUT2D eigenvalue weighted by molar-refractivity contribution is 6.30. The Kier molecular flexibility index (Phi) is 3.57. The van der Waals surface area contributed by atoms with Crippen LogP contribution in [0.2, 0.25) is 5.02 Å². The standard InChI is InChI=1S/C12H17ClO/c1-9(14)8-12(2,3)10-4-6-11(13)7-5-10/h4-7,9,14H,8H2,1-3H3. The molecule has 78 valence electrons. The molecule has 0 aromatic heterocycles. The van der Waals surface area contributed by atoms with Gasteiger partial charge in [0.25, 0.3) is 0 Å². The largest absolute Gasteiger partial charge is 0.393 e. The lowest BCUT2D eigenvalue weighted by atomic mass is 9.80. The lowest BCUT2D eigenvalue weighted by molar-refractivity contribution is 0.157. The van der Waals surface area contributed by atoms with E-state index < -0.39 is 0 Å². The Morgan fingerprint density at radius 1 is 1.29 bits per heavy atom. The minimum Gasteiger partial charge on any atom is -0.393 e. The molecule has 0 heterocycles. The molecule has 0 fully saturated rings. The first-order valence-electron chi connectivity index (χ1n) is 4.86. The molecule has 0 saturated heterocycles.